The van der Waals surface area contributed by atoms with Crippen LogP contribution < -0.4 is 0 Å². The van der Waals surface area contributed by atoms with Gasteiger partial charge in [-0.1, -0.05) is 24.9 Å². The average Bonchev–Trinajstić information content (AvgIpc) is 2.35. The van der Waals surface area contributed by atoms with Crippen molar-refractivity contribution in [3.05, 3.63) is 29.4 Å². The van der Waals surface area contributed by atoms with Crippen molar-refractivity contribution in [2.24, 2.45) is 0 Å². The van der Waals surface area contributed by atoms with Crippen molar-refractivity contribution in [1.29, 1.82) is 0 Å². The first-order chi connectivity index (χ1) is 8.53. The van der Waals surface area contributed by atoms with Crippen LogP contribution in [0.25, 0.3) is 11.0 Å². The van der Waals surface area contributed by atoms with E-state index in [0.29, 0.717) is 22.5 Å². The summed E-state index contributed by atoms with van der Waals surface area (Å²) < 4.78 is 23.9. The maximum Gasteiger partial charge on any atom is 0.197 e. The molecule has 1 aromatic heterocycles. The third-order valence-corrected chi connectivity index (χ3v) is 4.46. The van der Waals surface area contributed by atoms with Crippen LogP contribution in [-0.2, 0) is 9.84 Å². The van der Waals surface area contributed by atoms with Crippen molar-refractivity contribution >= 4 is 32.5 Å². The second-order valence-corrected chi connectivity index (χ2v) is 6.51. The van der Waals surface area contributed by atoms with E-state index in [1.165, 1.54) is 6.20 Å². The van der Waals surface area contributed by atoms with Crippen LogP contribution in [0.15, 0.2) is 29.4 Å². The van der Waals surface area contributed by atoms with Crippen LogP contribution in [-0.4, -0.2) is 24.1 Å². The smallest absolute Gasteiger partial charge is 0.197 e. The molecule has 0 aliphatic heterocycles. The van der Waals surface area contributed by atoms with Crippen LogP contribution in [0.1, 0.15) is 19.8 Å². The molecule has 0 saturated heterocycles. The van der Waals surface area contributed by atoms with Crippen LogP contribution in [0.4, 0.5) is 0 Å². The van der Waals surface area contributed by atoms with Gasteiger partial charge in [-0.05, 0) is 24.6 Å². The van der Waals surface area contributed by atoms with Crippen LogP contribution in [0.2, 0.25) is 5.02 Å². The van der Waals surface area contributed by atoms with Crippen LogP contribution in [0.5, 0.6) is 0 Å². The molecule has 4 nitrogen and oxygen atoms in total. The first kappa shape index (κ1) is 13.2. The number of benzene rings is 1. The summed E-state index contributed by atoms with van der Waals surface area (Å²) in [6.07, 6.45) is 2.75. The van der Waals surface area contributed by atoms with Crippen molar-refractivity contribution in [3.63, 3.8) is 0 Å². The Hall–Kier alpha value is -1.20. The van der Waals surface area contributed by atoms with Gasteiger partial charge in [-0.2, -0.15) is 0 Å². The summed E-state index contributed by atoms with van der Waals surface area (Å²) in [7, 11) is -3.33. The highest BCUT2D eigenvalue weighted by Gasteiger charge is 2.16. The van der Waals surface area contributed by atoms with Crippen molar-refractivity contribution in [2.45, 2.75) is 24.8 Å². The maximum atomic E-state index is 12.0. The van der Waals surface area contributed by atoms with Gasteiger partial charge in [0.15, 0.2) is 14.9 Å². The summed E-state index contributed by atoms with van der Waals surface area (Å²) in [6.45, 7) is 1.95. The monoisotopic (exact) mass is 284 g/mol. The SMILES string of the molecule is CCCCS(=O)(=O)c1cnc2cc(Cl)ccc2n1. The first-order valence-electron chi connectivity index (χ1n) is 5.68. The van der Waals surface area contributed by atoms with Gasteiger partial charge in [-0.15, -0.1) is 0 Å². The Morgan fingerprint density at radius 1 is 1.28 bits per heavy atom. The first-order valence-corrected chi connectivity index (χ1v) is 7.71. The number of sulfone groups is 1. The van der Waals surface area contributed by atoms with E-state index in [0.717, 1.165) is 6.42 Å². The number of fused-ring (bicyclic) bond motifs is 1. The Kier molecular flexibility index (Phi) is 3.82. The second-order valence-electron chi connectivity index (χ2n) is 4.01. The molecule has 0 amide bonds. The molecule has 0 saturated carbocycles. The van der Waals surface area contributed by atoms with Crippen molar-refractivity contribution in [3.8, 4) is 0 Å². The van der Waals surface area contributed by atoms with E-state index in [9.17, 15) is 8.42 Å². The van der Waals surface area contributed by atoms with Gasteiger partial charge in [0.05, 0.1) is 23.0 Å². The topological polar surface area (TPSA) is 59.9 Å². The molecule has 0 atom stereocenters. The molecular formula is C12H13ClN2O2S. The number of nitrogens with zero attached hydrogens (tertiary/aromatic N) is 2. The lowest BCUT2D eigenvalue weighted by atomic mass is 10.3. The minimum atomic E-state index is -3.33. The van der Waals surface area contributed by atoms with Gasteiger partial charge in [-0.3, -0.25) is 4.98 Å². The Balaban J connectivity index is 2.44. The zero-order chi connectivity index (χ0) is 13.2. The highest BCUT2D eigenvalue weighted by atomic mass is 35.5. The Morgan fingerprint density at radius 3 is 2.78 bits per heavy atom. The molecule has 1 aromatic carbocycles. The van der Waals surface area contributed by atoms with E-state index in [1.807, 2.05) is 6.92 Å². The minimum Gasteiger partial charge on any atom is -0.252 e. The lowest BCUT2D eigenvalue weighted by molar-refractivity contribution is 0.589. The molecule has 18 heavy (non-hydrogen) atoms. The van der Waals surface area contributed by atoms with Crippen molar-refractivity contribution in [2.75, 3.05) is 5.75 Å². The summed E-state index contributed by atoms with van der Waals surface area (Å²) >= 11 is 5.83. The average molecular weight is 285 g/mol. The van der Waals surface area contributed by atoms with E-state index in [4.69, 9.17) is 11.6 Å². The molecule has 0 aliphatic carbocycles. The zero-order valence-corrected chi connectivity index (χ0v) is 11.5. The summed E-state index contributed by atoms with van der Waals surface area (Å²) in [4.78, 5) is 8.22. The molecule has 0 unspecified atom stereocenters. The van der Waals surface area contributed by atoms with Gasteiger partial charge in [-0.25, -0.2) is 13.4 Å². The van der Waals surface area contributed by atoms with E-state index >= 15 is 0 Å². The van der Waals surface area contributed by atoms with Crippen LogP contribution in [0, 0.1) is 0 Å². The van der Waals surface area contributed by atoms with Gasteiger partial charge >= 0.3 is 0 Å². The molecule has 6 heteroatoms. The van der Waals surface area contributed by atoms with Gasteiger partial charge in [0.2, 0.25) is 0 Å². The molecule has 2 aromatic rings. The molecule has 0 spiro atoms. The number of unbranched alkanes of at least 4 members (excludes halogenated alkanes) is 1. The molecule has 0 N–H and O–H groups in total. The summed E-state index contributed by atoms with van der Waals surface area (Å²) in [5, 5.41) is 0.587. The summed E-state index contributed by atoms with van der Waals surface area (Å²) in [6, 6.07) is 5.00. The third-order valence-electron chi connectivity index (χ3n) is 2.57. The highest BCUT2D eigenvalue weighted by Crippen LogP contribution is 2.18. The quantitative estimate of drug-likeness (QED) is 0.866. The minimum absolute atomic E-state index is 0.0331. The molecule has 96 valence electrons. The Labute approximate surface area is 111 Å². The molecule has 0 aliphatic rings. The van der Waals surface area contributed by atoms with Crippen molar-refractivity contribution in [1.82, 2.24) is 9.97 Å². The standard InChI is InChI=1S/C12H13ClN2O2S/c1-2-3-6-18(16,17)12-8-14-11-7-9(13)4-5-10(11)15-12/h4-5,7-8H,2-3,6H2,1H3. The fourth-order valence-electron chi connectivity index (χ4n) is 1.56. The van der Waals surface area contributed by atoms with Crippen LogP contribution >= 0.6 is 11.6 Å². The predicted octanol–water partition coefficient (Wildman–Crippen LogP) is 2.86. The number of aromatic nitrogens is 2. The predicted molar refractivity (Wildman–Crippen MR) is 71.5 cm³/mol. The third kappa shape index (κ3) is 2.79. The normalized spacial score (nSPS) is 11.9. The zero-order valence-electron chi connectivity index (χ0n) is 9.93. The summed E-state index contributed by atoms with van der Waals surface area (Å²) in [5.74, 6) is 0.108. The van der Waals surface area contributed by atoms with Gasteiger partial charge in [0.25, 0.3) is 0 Å². The fourth-order valence-corrected chi connectivity index (χ4v) is 3.05. The lowest BCUT2D eigenvalue weighted by Gasteiger charge is -2.04. The summed E-state index contributed by atoms with van der Waals surface area (Å²) in [5.41, 5.74) is 1.13. The molecule has 0 fully saturated rings. The van der Waals surface area contributed by atoms with E-state index in [2.05, 4.69) is 9.97 Å². The van der Waals surface area contributed by atoms with E-state index in [-0.39, 0.29) is 10.8 Å². The lowest BCUT2D eigenvalue weighted by Crippen LogP contribution is -2.09. The molecule has 2 rings (SSSR count). The van der Waals surface area contributed by atoms with Crippen LogP contribution in [0.3, 0.4) is 0 Å². The largest absolute Gasteiger partial charge is 0.252 e. The van der Waals surface area contributed by atoms with Crippen molar-refractivity contribution < 1.29 is 8.42 Å². The van der Waals surface area contributed by atoms with Gasteiger partial charge < -0.3 is 0 Å². The molecule has 0 radical (unpaired) electrons. The van der Waals surface area contributed by atoms with E-state index in [1.54, 1.807) is 18.2 Å². The van der Waals surface area contributed by atoms with E-state index < -0.39 is 9.84 Å². The number of halogens is 1. The van der Waals surface area contributed by atoms with Gasteiger partial charge in [0, 0.05) is 5.02 Å². The number of hydrogen-bond acceptors (Lipinski definition) is 4. The molecular weight excluding hydrogens is 272 g/mol. The maximum absolute atomic E-state index is 12.0. The molecule has 1 heterocycles. The Bertz CT molecular complexity index is 671. The highest BCUT2D eigenvalue weighted by molar-refractivity contribution is 7.91. The number of rotatable bonds is 4. The second kappa shape index (κ2) is 5.20. The molecule has 0 bridgehead atoms. The number of hydrogen-bond donors (Lipinski definition) is 0. The Morgan fingerprint density at radius 2 is 2.06 bits per heavy atom. The fraction of sp³-hybridized carbons (Fsp3) is 0.333. The van der Waals surface area contributed by atoms with Gasteiger partial charge in [0.1, 0.15) is 0 Å².